The zero-order chi connectivity index (χ0) is 10.7. The van der Waals surface area contributed by atoms with E-state index in [0.29, 0.717) is 0 Å². The molecule has 0 spiro atoms. The summed E-state index contributed by atoms with van der Waals surface area (Å²) in [5.74, 6) is -0.115. The van der Waals surface area contributed by atoms with Crippen LogP contribution in [0.4, 0.5) is 10.5 Å². The van der Waals surface area contributed by atoms with Crippen molar-refractivity contribution < 1.29 is 14.5 Å². The summed E-state index contributed by atoms with van der Waals surface area (Å²) in [5.41, 5.74) is -1.28. The highest BCUT2D eigenvalue weighted by atomic mass is 79.9. The van der Waals surface area contributed by atoms with Gasteiger partial charge in [0.25, 0.3) is 5.69 Å². The average molecular weight is 281 g/mol. The van der Waals surface area contributed by atoms with Gasteiger partial charge >= 0.3 is 5.43 Å². The Morgan fingerprint density at radius 1 is 1.71 bits per heavy atom. The quantitative estimate of drug-likeness (QED) is 0.472. The van der Waals surface area contributed by atoms with Crippen molar-refractivity contribution in [2.75, 3.05) is 0 Å². The first-order valence-corrected chi connectivity index (χ1v) is 4.35. The van der Waals surface area contributed by atoms with Crippen molar-refractivity contribution >= 4 is 38.6 Å². The van der Waals surface area contributed by atoms with Gasteiger partial charge in [0, 0.05) is 17.7 Å². The van der Waals surface area contributed by atoms with Gasteiger partial charge in [0.15, 0.2) is 0 Å². The van der Waals surface area contributed by atoms with Crippen LogP contribution in [0.2, 0.25) is 0 Å². The molecule has 0 saturated carbocycles. The van der Waals surface area contributed by atoms with Gasteiger partial charge in [-0.05, 0) is 15.9 Å². The zero-order valence-corrected chi connectivity index (χ0v) is 8.78. The molecular formula is C6H2BrClN2O4. The number of aromatic nitrogens is 1. The lowest BCUT2D eigenvalue weighted by atomic mass is 10.4. The first-order chi connectivity index (χ1) is 6.50. The summed E-state index contributed by atoms with van der Waals surface area (Å²) in [6.45, 7) is 0. The number of hydrogen-bond acceptors (Lipinski definition) is 5. The van der Waals surface area contributed by atoms with Gasteiger partial charge in [0.05, 0.1) is 9.40 Å². The largest absolute Gasteiger partial charge is 0.410 e. The van der Waals surface area contributed by atoms with Crippen LogP contribution in [0.1, 0.15) is 0 Å². The van der Waals surface area contributed by atoms with Crippen LogP contribution in [0, 0.1) is 10.1 Å². The van der Waals surface area contributed by atoms with Crippen molar-refractivity contribution in [2.45, 2.75) is 0 Å². The molecule has 0 atom stereocenters. The molecule has 0 bridgehead atoms. The highest BCUT2D eigenvalue weighted by Gasteiger charge is 2.13. The molecular weight excluding hydrogens is 279 g/mol. The summed E-state index contributed by atoms with van der Waals surface area (Å²) in [4.78, 5) is 23.5. The Morgan fingerprint density at radius 2 is 2.36 bits per heavy atom. The summed E-state index contributed by atoms with van der Waals surface area (Å²) < 4.78 is 4.61. The molecule has 1 rings (SSSR count). The molecule has 6 nitrogen and oxygen atoms in total. The van der Waals surface area contributed by atoms with Gasteiger partial charge in [0.1, 0.15) is 6.20 Å². The maximum absolute atomic E-state index is 10.3. The maximum Gasteiger partial charge on any atom is 0.410 e. The summed E-state index contributed by atoms with van der Waals surface area (Å²) in [7, 11) is 0. The van der Waals surface area contributed by atoms with Gasteiger partial charge in [-0.1, -0.05) is 0 Å². The molecule has 0 N–H and O–H groups in total. The molecule has 0 aliphatic rings. The van der Waals surface area contributed by atoms with Crippen molar-refractivity contribution in [3.63, 3.8) is 0 Å². The second-order valence-electron chi connectivity index (χ2n) is 2.08. The summed E-state index contributed by atoms with van der Waals surface area (Å²) in [6, 6.07) is 1.15. The minimum atomic E-state index is -1.06. The Morgan fingerprint density at radius 3 is 2.79 bits per heavy atom. The number of carbonyl (C=O) groups excluding carboxylic acids is 1. The van der Waals surface area contributed by atoms with E-state index in [0.717, 1.165) is 12.3 Å². The first kappa shape index (κ1) is 10.9. The number of nitrogens with zero attached hydrogens (tertiary/aromatic N) is 2. The third-order valence-electron chi connectivity index (χ3n) is 1.18. The predicted octanol–water partition coefficient (Wildman–Crippen LogP) is 2.49. The van der Waals surface area contributed by atoms with Crippen molar-refractivity contribution in [2.24, 2.45) is 0 Å². The van der Waals surface area contributed by atoms with Crippen molar-refractivity contribution in [1.82, 2.24) is 4.98 Å². The molecule has 14 heavy (non-hydrogen) atoms. The molecule has 0 amide bonds. The number of pyridine rings is 1. The third kappa shape index (κ3) is 2.64. The molecule has 0 fully saturated rings. The Labute approximate surface area is 91.1 Å². The van der Waals surface area contributed by atoms with Gasteiger partial charge in [-0.2, -0.15) is 0 Å². The topological polar surface area (TPSA) is 82.3 Å². The summed E-state index contributed by atoms with van der Waals surface area (Å²) >= 11 is 7.87. The van der Waals surface area contributed by atoms with Crippen LogP contribution in [0.25, 0.3) is 0 Å². The fourth-order valence-corrected chi connectivity index (χ4v) is 1.16. The van der Waals surface area contributed by atoms with Gasteiger partial charge in [0.2, 0.25) is 5.88 Å². The van der Waals surface area contributed by atoms with E-state index in [9.17, 15) is 14.9 Å². The van der Waals surface area contributed by atoms with Gasteiger partial charge in [-0.25, -0.2) is 9.78 Å². The van der Waals surface area contributed by atoms with E-state index in [1.165, 1.54) is 0 Å². The van der Waals surface area contributed by atoms with E-state index in [2.05, 4.69) is 25.7 Å². The van der Waals surface area contributed by atoms with E-state index >= 15 is 0 Å². The zero-order valence-electron chi connectivity index (χ0n) is 6.44. The molecule has 0 radical (unpaired) electrons. The van der Waals surface area contributed by atoms with Gasteiger partial charge < -0.3 is 4.74 Å². The molecule has 0 unspecified atom stereocenters. The molecule has 0 saturated heterocycles. The van der Waals surface area contributed by atoms with Crippen LogP contribution in [0.3, 0.4) is 0 Å². The number of hydrogen-bond donors (Lipinski definition) is 0. The predicted molar refractivity (Wildman–Crippen MR) is 50.5 cm³/mol. The van der Waals surface area contributed by atoms with Crippen LogP contribution in [0.5, 0.6) is 5.88 Å². The second kappa shape index (κ2) is 4.34. The third-order valence-corrected chi connectivity index (χ3v) is 1.83. The van der Waals surface area contributed by atoms with E-state index in [1.807, 2.05) is 0 Å². The van der Waals surface area contributed by atoms with Crippen LogP contribution < -0.4 is 4.74 Å². The number of carbonyl (C=O) groups is 1. The number of nitro groups is 1. The SMILES string of the molecule is O=C(Cl)Oc1ncc([N+](=O)[O-])cc1Br. The highest BCUT2D eigenvalue weighted by Crippen LogP contribution is 2.26. The summed E-state index contributed by atoms with van der Waals surface area (Å²) in [6.07, 6.45) is 0.958. The van der Waals surface area contributed by atoms with E-state index in [4.69, 9.17) is 11.6 Å². The average Bonchev–Trinajstić information content (AvgIpc) is 2.07. The Hall–Kier alpha value is -1.21. The molecule has 74 valence electrons. The minimum Gasteiger partial charge on any atom is -0.394 e. The van der Waals surface area contributed by atoms with E-state index < -0.39 is 10.4 Å². The normalized spacial score (nSPS) is 9.57. The number of ether oxygens (including phenoxy) is 1. The molecule has 1 heterocycles. The fourth-order valence-electron chi connectivity index (χ4n) is 0.666. The van der Waals surface area contributed by atoms with Gasteiger partial charge in [-0.15, -0.1) is 0 Å². The lowest BCUT2D eigenvalue weighted by Crippen LogP contribution is -2.00. The molecule has 0 aromatic carbocycles. The van der Waals surface area contributed by atoms with Crippen LogP contribution in [0.15, 0.2) is 16.7 Å². The van der Waals surface area contributed by atoms with Crippen molar-refractivity contribution in [3.8, 4) is 5.88 Å². The standard InChI is InChI=1S/C6H2BrClN2O4/c7-4-1-3(10(12)13)2-9-5(4)14-6(8)11/h1-2H. The molecule has 1 aromatic rings. The Kier molecular flexibility index (Phi) is 3.37. The second-order valence-corrected chi connectivity index (χ2v) is 3.24. The lowest BCUT2D eigenvalue weighted by molar-refractivity contribution is -0.385. The smallest absolute Gasteiger partial charge is 0.394 e. The monoisotopic (exact) mass is 280 g/mol. The summed E-state index contributed by atoms with van der Waals surface area (Å²) in [5, 5.41) is 10.3. The van der Waals surface area contributed by atoms with Crippen LogP contribution in [-0.2, 0) is 0 Å². The molecule has 0 aliphatic carbocycles. The van der Waals surface area contributed by atoms with E-state index in [1.54, 1.807) is 0 Å². The highest BCUT2D eigenvalue weighted by molar-refractivity contribution is 9.10. The fraction of sp³-hybridized carbons (Fsp3) is 0. The van der Waals surface area contributed by atoms with E-state index in [-0.39, 0.29) is 16.0 Å². The Balaban J connectivity index is 3.01. The number of rotatable bonds is 2. The van der Waals surface area contributed by atoms with Crippen LogP contribution in [-0.4, -0.2) is 15.3 Å². The first-order valence-electron chi connectivity index (χ1n) is 3.18. The lowest BCUT2D eigenvalue weighted by Gasteiger charge is -2.00. The van der Waals surface area contributed by atoms with Crippen molar-refractivity contribution in [1.29, 1.82) is 0 Å². The van der Waals surface area contributed by atoms with Gasteiger partial charge in [-0.3, -0.25) is 10.1 Å². The van der Waals surface area contributed by atoms with Crippen molar-refractivity contribution in [3.05, 3.63) is 26.9 Å². The minimum absolute atomic E-state index is 0.115. The number of halogens is 2. The Bertz CT molecular complexity index is 397. The molecule has 0 aliphatic heterocycles. The maximum atomic E-state index is 10.3. The molecule has 8 heteroatoms. The van der Waals surface area contributed by atoms with Crippen LogP contribution >= 0.6 is 27.5 Å². The molecule has 1 aromatic heterocycles.